The van der Waals surface area contributed by atoms with E-state index in [1.807, 2.05) is 44.2 Å². The second-order valence-electron chi connectivity index (χ2n) is 7.43. The van der Waals surface area contributed by atoms with Crippen LogP contribution < -0.4 is 4.90 Å². The molecular formula is C22H19N5O3. The van der Waals surface area contributed by atoms with Crippen LogP contribution in [0, 0.1) is 13.8 Å². The molecule has 5 rings (SSSR count). The first kappa shape index (κ1) is 18.2. The minimum atomic E-state index is -0.832. The van der Waals surface area contributed by atoms with Crippen LogP contribution in [-0.4, -0.2) is 33.9 Å². The lowest BCUT2D eigenvalue weighted by atomic mass is 10.1. The lowest BCUT2D eigenvalue weighted by molar-refractivity contribution is -0.123. The van der Waals surface area contributed by atoms with E-state index in [4.69, 9.17) is 4.42 Å². The molecule has 1 fully saturated rings. The van der Waals surface area contributed by atoms with Crippen LogP contribution in [0.25, 0.3) is 11.5 Å². The highest BCUT2D eigenvalue weighted by atomic mass is 16.4. The van der Waals surface area contributed by atoms with Crippen molar-refractivity contribution in [3.63, 3.8) is 0 Å². The maximum atomic E-state index is 13.0. The van der Waals surface area contributed by atoms with Crippen LogP contribution in [0.4, 0.5) is 5.69 Å². The summed E-state index contributed by atoms with van der Waals surface area (Å²) in [7, 11) is 0. The number of hydrogen-bond acceptors (Lipinski definition) is 7. The first-order valence-corrected chi connectivity index (χ1v) is 9.66. The van der Waals surface area contributed by atoms with E-state index >= 15 is 0 Å². The van der Waals surface area contributed by atoms with E-state index in [-0.39, 0.29) is 18.4 Å². The zero-order valence-electron chi connectivity index (χ0n) is 16.5. The van der Waals surface area contributed by atoms with Gasteiger partial charge in [0.1, 0.15) is 11.5 Å². The van der Waals surface area contributed by atoms with E-state index in [2.05, 4.69) is 15.3 Å². The number of rotatable bonds is 4. The van der Waals surface area contributed by atoms with Crippen molar-refractivity contribution in [1.82, 2.24) is 9.99 Å². The number of imide groups is 1. The molecule has 8 nitrogen and oxygen atoms in total. The number of amides is 2. The van der Waals surface area contributed by atoms with E-state index in [1.165, 1.54) is 9.91 Å². The molecule has 8 heteroatoms. The molecule has 0 spiro atoms. The van der Waals surface area contributed by atoms with Crippen LogP contribution >= 0.6 is 0 Å². The number of carbonyl (C=O) groups is 2. The summed E-state index contributed by atoms with van der Waals surface area (Å²) in [4.78, 5) is 31.6. The first-order valence-electron chi connectivity index (χ1n) is 9.66. The highest BCUT2D eigenvalue weighted by Gasteiger charge is 2.54. The topological polar surface area (TPSA) is 91.4 Å². The summed E-state index contributed by atoms with van der Waals surface area (Å²) in [5, 5.41) is 9.68. The van der Waals surface area contributed by atoms with Gasteiger partial charge in [0.25, 0.3) is 11.8 Å². The molecule has 0 bridgehead atoms. The molecular weight excluding hydrogens is 382 g/mol. The normalized spacial score (nSPS) is 20.3. The summed E-state index contributed by atoms with van der Waals surface area (Å²) in [6.07, 6.45) is 0. The zero-order valence-corrected chi connectivity index (χ0v) is 16.5. The molecule has 0 saturated carbocycles. The molecule has 3 aromatic rings. The molecule has 1 aromatic heterocycles. The smallest absolute Gasteiger partial charge is 0.263 e. The highest BCUT2D eigenvalue weighted by Crippen LogP contribution is 2.33. The van der Waals surface area contributed by atoms with Gasteiger partial charge < -0.3 is 4.42 Å². The Morgan fingerprint density at radius 1 is 0.967 bits per heavy atom. The van der Waals surface area contributed by atoms with Crippen LogP contribution in [0.1, 0.15) is 17.0 Å². The van der Waals surface area contributed by atoms with E-state index in [1.54, 1.807) is 24.3 Å². The van der Waals surface area contributed by atoms with Crippen LogP contribution in [0.3, 0.4) is 0 Å². The van der Waals surface area contributed by atoms with Crippen LogP contribution in [0.5, 0.6) is 0 Å². The zero-order chi connectivity index (χ0) is 20.8. The van der Waals surface area contributed by atoms with Crippen molar-refractivity contribution in [2.24, 2.45) is 10.3 Å². The Morgan fingerprint density at radius 2 is 1.70 bits per heavy atom. The number of benzene rings is 2. The molecule has 2 aliphatic heterocycles. The van der Waals surface area contributed by atoms with Crippen LogP contribution in [0.15, 0.2) is 69.4 Å². The van der Waals surface area contributed by atoms with Crippen molar-refractivity contribution < 1.29 is 14.0 Å². The minimum absolute atomic E-state index is 0.230. The lowest BCUT2D eigenvalue weighted by Crippen LogP contribution is -2.39. The largest absolute Gasteiger partial charge is 0.441 e. The Labute approximate surface area is 172 Å². The minimum Gasteiger partial charge on any atom is -0.441 e. The summed E-state index contributed by atoms with van der Waals surface area (Å²) < 4.78 is 5.83. The number of fused-ring (bicyclic) bond motifs is 1. The number of aromatic nitrogens is 1. The molecule has 1 saturated heterocycles. The molecule has 0 unspecified atom stereocenters. The molecule has 0 aliphatic carbocycles. The van der Waals surface area contributed by atoms with Gasteiger partial charge in [0, 0.05) is 5.56 Å². The summed E-state index contributed by atoms with van der Waals surface area (Å²) in [6.45, 7) is 4.07. The quantitative estimate of drug-likeness (QED) is 0.625. The van der Waals surface area contributed by atoms with E-state index in [9.17, 15) is 9.59 Å². The summed E-state index contributed by atoms with van der Waals surface area (Å²) >= 11 is 0. The van der Waals surface area contributed by atoms with Crippen molar-refractivity contribution in [2.45, 2.75) is 32.5 Å². The van der Waals surface area contributed by atoms with Crippen LogP contribution in [-0.2, 0) is 16.1 Å². The number of anilines is 1. The number of hydrogen-bond donors (Lipinski definition) is 0. The van der Waals surface area contributed by atoms with Crippen molar-refractivity contribution >= 4 is 17.5 Å². The maximum absolute atomic E-state index is 13.0. The SMILES string of the molecule is Cc1ccc(-c2nc(CN3N=N[C@@H]4C(=O)N(c5ccccc5)C(=O)[C@H]43)c(C)o2)cc1. The van der Waals surface area contributed by atoms with Gasteiger partial charge >= 0.3 is 0 Å². The molecule has 2 amide bonds. The molecule has 3 heterocycles. The number of para-hydroxylation sites is 1. The van der Waals surface area contributed by atoms with Gasteiger partial charge in [-0.15, -0.1) is 0 Å². The van der Waals surface area contributed by atoms with Gasteiger partial charge in [0.15, 0.2) is 12.1 Å². The first-order chi connectivity index (χ1) is 14.5. The molecule has 30 heavy (non-hydrogen) atoms. The number of carbonyl (C=O) groups excluding carboxylic acids is 2. The molecule has 0 radical (unpaired) electrons. The molecule has 0 N–H and O–H groups in total. The van der Waals surface area contributed by atoms with Crippen molar-refractivity contribution in [3.05, 3.63) is 71.6 Å². The predicted molar refractivity (Wildman–Crippen MR) is 108 cm³/mol. The van der Waals surface area contributed by atoms with Crippen molar-refractivity contribution in [2.75, 3.05) is 4.90 Å². The summed E-state index contributed by atoms with van der Waals surface area (Å²) in [5.74, 6) is 0.455. The van der Waals surface area contributed by atoms with Gasteiger partial charge in [-0.25, -0.2) is 9.88 Å². The number of aryl methyl sites for hydroxylation is 2. The van der Waals surface area contributed by atoms with Gasteiger partial charge in [0.2, 0.25) is 5.89 Å². The second-order valence-corrected chi connectivity index (χ2v) is 7.43. The Bertz CT molecular complexity index is 1150. The van der Waals surface area contributed by atoms with Crippen molar-refractivity contribution in [1.29, 1.82) is 0 Å². The maximum Gasteiger partial charge on any atom is 0.263 e. The number of oxazole rings is 1. The molecule has 2 aromatic carbocycles. The van der Waals surface area contributed by atoms with Gasteiger partial charge in [0.05, 0.1) is 12.2 Å². The Balaban J connectivity index is 1.39. The Morgan fingerprint density at radius 3 is 2.43 bits per heavy atom. The Hall–Kier alpha value is -3.81. The Kier molecular flexibility index (Phi) is 4.20. The molecule has 150 valence electrons. The van der Waals surface area contributed by atoms with Crippen LogP contribution in [0.2, 0.25) is 0 Å². The van der Waals surface area contributed by atoms with Gasteiger partial charge in [-0.1, -0.05) is 41.1 Å². The predicted octanol–water partition coefficient (Wildman–Crippen LogP) is 3.45. The third-order valence-electron chi connectivity index (χ3n) is 5.38. The summed E-state index contributed by atoms with van der Waals surface area (Å²) in [5.41, 5.74) is 3.22. The number of nitrogens with zero attached hydrogens (tertiary/aromatic N) is 5. The van der Waals surface area contributed by atoms with Gasteiger partial charge in [-0.3, -0.25) is 14.6 Å². The van der Waals surface area contributed by atoms with E-state index in [0.29, 0.717) is 23.0 Å². The molecule has 2 atom stereocenters. The fourth-order valence-electron chi connectivity index (χ4n) is 3.73. The summed E-state index contributed by atoms with van der Waals surface area (Å²) in [6, 6.07) is 15.2. The second kappa shape index (κ2) is 6.91. The third kappa shape index (κ3) is 2.88. The standard InChI is InChI=1S/C22H19N5O3/c1-13-8-10-15(11-9-13)20-23-17(14(2)30-20)12-26-19-18(24-25-26)21(28)27(22(19)29)16-6-4-3-5-7-16/h3-11,18-19H,12H2,1-2H3/t18-,19-/m0/s1. The third-order valence-corrected chi connectivity index (χ3v) is 5.38. The monoisotopic (exact) mass is 401 g/mol. The average Bonchev–Trinajstić information content (AvgIpc) is 3.40. The van der Waals surface area contributed by atoms with Gasteiger partial charge in [-0.05, 0) is 38.1 Å². The molecule has 2 aliphatic rings. The van der Waals surface area contributed by atoms with Gasteiger partial charge in [-0.2, -0.15) is 5.11 Å². The average molecular weight is 401 g/mol. The van der Waals surface area contributed by atoms with Crippen molar-refractivity contribution in [3.8, 4) is 11.5 Å². The fourth-order valence-corrected chi connectivity index (χ4v) is 3.73. The highest BCUT2D eigenvalue weighted by molar-refractivity contribution is 6.25. The van der Waals surface area contributed by atoms with E-state index < -0.39 is 12.1 Å². The van der Waals surface area contributed by atoms with E-state index in [0.717, 1.165) is 11.1 Å². The fraction of sp³-hybridized carbons (Fsp3) is 0.227. The lowest BCUT2D eigenvalue weighted by Gasteiger charge is -2.19.